The molecule has 5 rings (SSSR count). The van der Waals surface area contributed by atoms with Crippen molar-refractivity contribution in [3.05, 3.63) is 87.9 Å². The maximum absolute atomic E-state index is 13.1. The van der Waals surface area contributed by atoms with Gasteiger partial charge in [0.2, 0.25) is 21.8 Å². The molecule has 190 valence electrons. The van der Waals surface area contributed by atoms with Crippen molar-refractivity contribution in [2.24, 2.45) is 0 Å². The van der Waals surface area contributed by atoms with Gasteiger partial charge in [-0.25, -0.2) is 8.42 Å². The first kappa shape index (κ1) is 25.4. The van der Waals surface area contributed by atoms with Crippen LogP contribution in [0.15, 0.2) is 76.0 Å². The van der Waals surface area contributed by atoms with E-state index in [-0.39, 0.29) is 47.0 Å². The Labute approximate surface area is 224 Å². The lowest BCUT2D eigenvalue weighted by Crippen LogP contribution is -2.50. The van der Waals surface area contributed by atoms with Crippen LogP contribution in [0.5, 0.6) is 0 Å². The zero-order valence-corrected chi connectivity index (χ0v) is 22.1. The molecule has 0 aliphatic carbocycles. The SMILES string of the molecule is Cc1ccc(-c2nnc(-c3ccc(C(=O)N4CCN(S(=O)(=O)c5c(Cl)cccc5Cl)CC4)cc3)o2)cc1. The van der Waals surface area contributed by atoms with Crippen molar-refractivity contribution in [3.8, 4) is 22.9 Å². The lowest BCUT2D eigenvalue weighted by molar-refractivity contribution is 0.0698. The minimum atomic E-state index is -3.89. The number of halogens is 2. The van der Waals surface area contributed by atoms with Crippen LogP contribution in [0.4, 0.5) is 0 Å². The Kier molecular flexibility index (Phi) is 7.04. The summed E-state index contributed by atoms with van der Waals surface area (Å²) >= 11 is 12.2. The first-order chi connectivity index (χ1) is 17.7. The molecule has 1 aromatic heterocycles. The van der Waals surface area contributed by atoms with Crippen LogP contribution in [-0.2, 0) is 10.0 Å². The van der Waals surface area contributed by atoms with E-state index >= 15 is 0 Å². The van der Waals surface area contributed by atoms with Crippen molar-refractivity contribution in [3.63, 3.8) is 0 Å². The van der Waals surface area contributed by atoms with Crippen LogP contribution in [0.25, 0.3) is 22.9 Å². The van der Waals surface area contributed by atoms with E-state index in [1.165, 1.54) is 16.4 Å². The largest absolute Gasteiger partial charge is 0.416 e. The van der Waals surface area contributed by atoms with Crippen LogP contribution in [0.1, 0.15) is 15.9 Å². The summed E-state index contributed by atoms with van der Waals surface area (Å²) in [5.41, 5.74) is 3.13. The number of carbonyl (C=O) groups excluding carboxylic acids is 1. The highest BCUT2D eigenvalue weighted by Gasteiger charge is 2.33. The second kappa shape index (κ2) is 10.3. The second-order valence-electron chi connectivity index (χ2n) is 8.60. The standard InChI is InChI=1S/C26H22Cl2N4O4S/c1-17-5-7-18(8-6-17)24-29-30-25(36-24)19-9-11-20(12-10-19)26(33)31-13-15-32(16-14-31)37(34,35)23-21(27)3-2-4-22(23)28/h2-12H,13-16H2,1H3. The Morgan fingerprint density at radius 1 is 0.811 bits per heavy atom. The Morgan fingerprint density at radius 2 is 1.32 bits per heavy atom. The molecule has 1 amide bonds. The summed E-state index contributed by atoms with van der Waals surface area (Å²) in [4.78, 5) is 14.6. The lowest BCUT2D eigenvalue weighted by Gasteiger charge is -2.34. The predicted molar refractivity (Wildman–Crippen MR) is 141 cm³/mol. The van der Waals surface area contributed by atoms with E-state index in [0.29, 0.717) is 22.9 Å². The predicted octanol–water partition coefficient (Wildman–Crippen LogP) is 5.17. The number of sulfonamides is 1. The first-order valence-corrected chi connectivity index (χ1v) is 13.7. The Hall–Kier alpha value is -3.24. The summed E-state index contributed by atoms with van der Waals surface area (Å²) in [6.07, 6.45) is 0. The molecule has 1 saturated heterocycles. The van der Waals surface area contributed by atoms with Crippen molar-refractivity contribution in [1.82, 2.24) is 19.4 Å². The molecule has 1 fully saturated rings. The Bertz CT molecular complexity index is 1530. The molecule has 37 heavy (non-hydrogen) atoms. The number of nitrogens with zero attached hydrogens (tertiary/aromatic N) is 4. The number of hydrogen-bond donors (Lipinski definition) is 0. The number of aromatic nitrogens is 2. The minimum Gasteiger partial charge on any atom is -0.416 e. The van der Waals surface area contributed by atoms with Crippen molar-refractivity contribution >= 4 is 39.1 Å². The van der Waals surface area contributed by atoms with Gasteiger partial charge in [-0.1, -0.05) is 47.0 Å². The summed E-state index contributed by atoms with van der Waals surface area (Å²) in [5, 5.41) is 8.38. The van der Waals surface area contributed by atoms with E-state index in [9.17, 15) is 13.2 Å². The second-order valence-corrected chi connectivity index (χ2v) is 11.3. The fraction of sp³-hybridized carbons (Fsp3) is 0.192. The molecule has 4 aromatic rings. The van der Waals surface area contributed by atoms with Crippen molar-refractivity contribution in [2.45, 2.75) is 11.8 Å². The average molecular weight is 557 g/mol. The van der Waals surface area contributed by atoms with Crippen LogP contribution in [-0.4, -0.2) is 59.9 Å². The fourth-order valence-electron chi connectivity index (χ4n) is 4.08. The van der Waals surface area contributed by atoms with Gasteiger partial charge in [0.05, 0.1) is 10.0 Å². The molecule has 0 bridgehead atoms. The maximum atomic E-state index is 13.1. The smallest absolute Gasteiger partial charge is 0.253 e. The number of amides is 1. The van der Waals surface area contributed by atoms with Gasteiger partial charge in [0.1, 0.15) is 4.90 Å². The number of rotatable bonds is 5. The van der Waals surface area contributed by atoms with E-state index in [4.69, 9.17) is 27.6 Å². The molecular formula is C26H22Cl2N4O4S. The Morgan fingerprint density at radius 3 is 1.86 bits per heavy atom. The molecule has 0 atom stereocenters. The molecule has 1 aliphatic heterocycles. The van der Waals surface area contributed by atoms with Gasteiger partial charge >= 0.3 is 0 Å². The molecule has 2 heterocycles. The third-order valence-corrected chi connectivity index (χ3v) is 9.00. The molecule has 1 aliphatic rings. The van der Waals surface area contributed by atoms with E-state index < -0.39 is 10.0 Å². The summed E-state index contributed by atoms with van der Waals surface area (Å²) in [6.45, 7) is 2.76. The van der Waals surface area contributed by atoms with Crippen LogP contribution in [0, 0.1) is 6.92 Å². The van der Waals surface area contributed by atoms with Crippen LogP contribution in [0.3, 0.4) is 0 Å². The Balaban J connectivity index is 1.25. The van der Waals surface area contributed by atoms with Crippen molar-refractivity contribution < 1.29 is 17.6 Å². The third kappa shape index (κ3) is 5.13. The summed E-state index contributed by atoms with van der Waals surface area (Å²) in [7, 11) is -3.89. The van der Waals surface area contributed by atoms with Gasteiger partial charge < -0.3 is 9.32 Å². The zero-order chi connectivity index (χ0) is 26.2. The molecule has 8 nitrogen and oxygen atoms in total. The lowest BCUT2D eigenvalue weighted by atomic mass is 10.1. The van der Waals surface area contributed by atoms with Crippen LogP contribution in [0.2, 0.25) is 10.0 Å². The quantitative estimate of drug-likeness (QED) is 0.336. The highest BCUT2D eigenvalue weighted by atomic mass is 35.5. The van der Waals surface area contributed by atoms with Gasteiger partial charge in [0.25, 0.3) is 5.91 Å². The highest BCUT2D eigenvalue weighted by Crippen LogP contribution is 2.32. The van der Waals surface area contributed by atoms with Gasteiger partial charge in [-0.2, -0.15) is 4.31 Å². The van der Waals surface area contributed by atoms with Gasteiger partial charge in [0, 0.05) is 42.9 Å². The monoisotopic (exact) mass is 556 g/mol. The molecule has 0 saturated carbocycles. The third-order valence-electron chi connectivity index (χ3n) is 6.14. The summed E-state index contributed by atoms with van der Waals surface area (Å²) in [5.74, 6) is 0.581. The van der Waals surface area contributed by atoms with Gasteiger partial charge in [0.15, 0.2) is 0 Å². The molecule has 0 N–H and O–H groups in total. The maximum Gasteiger partial charge on any atom is 0.253 e. The van der Waals surface area contributed by atoms with E-state index in [1.54, 1.807) is 35.2 Å². The number of hydrogen-bond acceptors (Lipinski definition) is 6. The summed E-state index contributed by atoms with van der Waals surface area (Å²) < 4.78 is 33.3. The van der Waals surface area contributed by atoms with Crippen LogP contribution >= 0.6 is 23.2 Å². The number of aryl methyl sites for hydroxylation is 1. The topological polar surface area (TPSA) is 96.6 Å². The minimum absolute atomic E-state index is 0.0679. The molecule has 0 spiro atoms. The number of carbonyl (C=O) groups is 1. The first-order valence-electron chi connectivity index (χ1n) is 11.5. The number of piperazine rings is 1. The van der Waals surface area contributed by atoms with Gasteiger partial charge in [-0.05, 0) is 55.5 Å². The number of benzene rings is 3. The highest BCUT2D eigenvalue weighted by molar-refractivity contribution is 7.89. The molecular weight excluding hydrogens is 535 g/mol. The van der Waals surface area contributed by atoms with Gasteiger partial charge in [-0.3, -0.25) is 4.79 Å². The molecule has 3 aromatic carbocycles. The zero-order valence-electron chi connectivity index (χ0n) is 19.8. The van der Waals surface area contributed by atoms with E-state index in [1.807, 2.05) is 31.2 Å². The van der Waals surface area contributed by atoms with Crippen LogP contribution < -0.4 is 0 Å². The average Bonchev–Trinajstić information content (AvgIpc) is 3.39. The van der Waals surface area contributed by atoms with E-state index in [0.717, 1.165) is 11.1 Å². The normalized spacial score (nSPS) is 14.6. The molecule has 0 unspecified atom stereocenters. The van der Waals surface area contributed by atoms with Crippen molar-refractivity contribution in [2.75, 3.05) is 26.2 Å². The fourth-order valence-corrected chi connectivity index (χ4v) is 6.59. The van der Waals surface area contributed by atoms with Gasteiger partial charge in [-0.15, -0.1) is 10.2 Å². The molecule has 11 heteroatoms. The van der Waals surface area contributed by atoms with E-state index in [2.05, 4.69) is 10.2 Å². The molecule has 0 radical (unpaired) electrons. The summed E-state index contributed by atoms with van der Waals surface area (Å²) in [6, 6.07) is 19.2. The van der Waals surface area contributed by atoms with Crippen molar-refractivity contribution in [1.29, 1.82) is 0 Å².